The first kappa shape index (κ1) is 11.7. The van der Waals surface area contributed by atoms with Crippen LogP contribution in [0.1, 0.15) is 0 Å². The molecule has 2 rings (SSSR count). The van der Waals surface area contributed by atoms with Gasteiger partial charge in [0.05, 0.1) is 6.26 Å². The van der Waals surface area contributed by atoms with Gasteiger partial charge in [0.15, 0.2) is 0 Å². The molecule has 2 aromatic rings. The van der Waals surface area contributed by atoms with Crippen LogP contribution in [0.5, 0.6) is 0 Å². The lowest BCUT2D eigenvalue weighted by atomic mass is 10.3. The van der Waals surface area contributed by atoms with Gasteiger partial charge in [0.2, 0.25) is 11.8 Å². The quantitative estimate of drug-likeness (QED) is 0.558. The molecule has 0 saturated carbocycles. The maximum atomic E-state index is 12.0. The number of urea groups is 1. The van der Waals surface area contributed by atoms with Crippen LogP contribution < -0.4 is 16.0 Å². The molecule has 2 amide bonds. The Morgan fingerprint density at radius 1 is 1.22 bits per heavy atom. The second-order valence-electron chi connectivity index (χ2n) is 3.47. The summed E-state index contributed by atoms with van der Waals surface area (Å²) in [6.45, 7) is 0. The number of furan rings is 1. The predicted molar refractivity (Wildman–Crippen MR) is 68.6 cm³/mol. The number of rotatable bonds is 2. The molecule has 18 heavy (non-hydrogen) atoms. The Hall–Kier alpha value is -2.76. The second-order valence-corrected chi connectivity index (χ2v) is 3.47. The summed E-state index contributed by atoms with van der Waals surface area (Å²) in [5, 5.41) is 10.0. The molecular weight excluding hydrogens is 232 g/mol. The van der Waals surface area contributed by atoms with E-state index in [-0.39, 0.29) is 5.88 Å². The fourth-order valence-corrected chi connectivity index (χ4v) is 1.43. The first-order valence-corrected chi connectivity index (χ1v) is 5.22. The number of carbonyl (C=O) groups excluding carboxylic acids is 1. The number of carbonyl (C=O) groups is 1. The Morgan fingerprint density at radius 3 is 2.50 bits per heavy atom. The van der Waals surface area contributed by atoms with Crippen molar-refractivity contribution in [1.29, 1.82) is 5.41 Å². The molecule has 0 aliphatic heterocycles. The Bertz CT molecular complexity index is 536. The zero-order chi connectivity index (χ0) is 13.0. The molecule has 92 valence electrons. The largest absolute Gasteiger partial charge is 0.448 e. The van der Waals surface area contributed by atoms with Crippen LogP contribution in [-0.4, -0.2) is 12.0 Å². The lowest BCUT2D eigenvalue weighted by molar-refractivity contribution is 0.258. The van der Waals surface area contributed by atoms with Crippen molar-refractivity contribution < 1.29 is 9.21 Å². The van der Waals surface area contributed by atoms with Crippen LogP contribution in [0, 0.1) is 5.41 Å². The molecule has 0 atom stereocenters. The SMILES string of the molecule is N=C(N)N(C(=O)Nc1ccccc1)c1ccco1. The molecule has 4 N–H and O–H groups in total. The molecule has 6 heteroatoms. The van der Waals surface area contributed by atoms with Crippen molar-refractivity contribution in [3.05, 3.63) is 48.7 Å². The van der Waals surface area contributed by atoms with Crippen molar-refractivity contribution in [1.82, 2.24) is 0 Å². The highest BCUT2D eigenvalue weighted by molar-refractivity contribution is 6.17. The number of para-hydroxylation sites is 1. The molecule has 1 heterocycles. The van der Waals surface area contributed by atoms with Crippen molar-refractivity contribution >= 4 is 23.6 Å². The van der Waals surface area contributed by atoms with E-state index in [0.717, 1.165) is 4.90 Å². The number of benzene rings is 1. The molecule has 0 spiro atoms. The van der Waals surface area contributed by atoms with Crippen molar-refractivity contribution in [2.75, 3.05) is 10.2 Å². The summed E-state index contributed by atoms with van der Waals surface area (Å²) in [5.74, 6) is -0.227. The third kappa shape index (κ3) is 2.49. The van der Waals surface area contributed by atoms with Gasteiger partial charge in [-0.15, -0.1) is 0 Å². The summed E-state index contributed by atoms with van der Waals surface area (Å²) in [6.07, 6.45) is 1.40. The summed E-state index contributed by atoms with van der Waals surface area (Å²) in [6, 6.07) is 11.5. The monoisotopic (exact) mass is 244 g/mol. The highest BCUT2D eigenvalue weighted by atomic mass is 16.3. The molecule has 6 nitrogen and oxygen atoms in total. The van der Waals surface area contributed by atoms with Gasteiger partial charge in [0.25, 0.3) is 0 Å². The van der Waals surface area contributed by atoms with E-state index in [1.165, 1.54) is 6.26 Å². The highest BCUT2D eigenvalue weighted by Crippen LogP contribution is 2.16. The van der Waals surface area contributed by atoms with Crippen molar-refractivity contribution in [2.45, 2.75) is 0 Å². The van der Waals surface area contributed by atoms with Gasteiger partial charge in [-0.1, -0.05) is 18.2 Å². The number of anilines is 2. The number of hydrogen-bond donors (Lipinski definition) is 3. The highest BCUT2D eigenvalue weighted by Gasteiger charge is 2.21. The number of hydrogen-bond acceptors (Lipinski definition) is 3. The van der Waals surface area contributed by atoms with Crippen molar-refractivity contribution in [2.24, 2.45) is 5.73 Å². The van der Waals surface area contributed by atoms with Crippen LogP contribution in [0.25, 0.3) is 0 Å². The van der Waals surface area contributed by atoms with Crippen LogP contribution in [0.2, 0.25) is 0 Å². The van der Waals surface area contributed by atoms with Crippen LogP contribution in [0.4, 0.5) is 16.4 Å². The maximum absolute atomic E-state index is 12.0. The van der Waals surface area contributed by atoms with Gasteiger partial charge in [-0.3, -0.25) is 5.41 Å². The minimum absolute atomic E-state index is 0.191. The zero-order valence-electron chi connectivity index (χ0n) is 9.46. The van der Waals surface area contributed by atoms with Crippen molar-refractivity contribution in [3.63, 3.8) is 0 Å². The van der Waals surface area contributed by atoms with E-state index in [1.807, 2.05) is 6.07 Å². The average Bonchev–Trinajstić information content (AvgIpc) is 2.83. The van der Waals surface area contributed by atoms with Gasteiger partial charge >= 0.3 is 6.03 Å². The predicted octanol–water partition coefficient (Wildman–Crippen LogP) is 2.21. The van der Waals surface area contributed by atoms with Gasteiger partial charge in [-0.05, 0) is 18.2 Å². The minimum Gasteiger partial charge on any atom is -0.448 e. The van der Waals surface area contributed by atoms with Gasteiger partial charge < -0.3 is 15.5 Å². The third-order valence-electron chi connectivity index (χ3n) is 2.20. The average molecular weight is 244 g/mol. The molecular formula is C12H12N4O2. The summed E-state index contributed by atoms with van der Waals surface area (Å²) in [5.41, 5.74) is 5.98. The number of nitrogens with one attached hydrogen (secondary N) is 2. The fraction of sp³-hybridized carbons (Fsp3) is 0. The third-order valence-corrected chi connectivity index (χ3v) is 2.20. The molecule has 0 aliphatic carbocycles. The van der Waals surface area contributed by atoms with Gasteiger partial charge in [0.1, 0.15) is 0 Å². The van der Waals surface area contributed by atoms with Crippen LogP contribution in [0.3, 0.4) is 0 Å². The van der Waals surface area contributed by atoms with E-state index in [4.69, 9.17) is 15.6 Å². The van der Waals surface area contributed by atoms with Crippen LogP contribution in [-0.2, 0) is 0 Å². The fourth-order valence-electron chi connectivity index (χ4n) is 1.43. The van der Waals surface area contributed by atoms with E-state index in [0.29, 0.717) is 5.69 Å². The lowest BCUT2D eigenvalue weighted by Crippen LogP contribution is -2.43. The van der Waals surface area contributed by atoms with Gasteiger partial charge in [-0.25, -0.2) is 9.69 Å². The molecule has 0 radical (unpaired) electrons. The van der Waals surface area contributed by atoms with Crippen LogP contribution >= 0.6 is 0 Å². The second kappa shape index (κ2) is 5.05. The Labute approximate surface area is 104 Å². The number of nitrogens with zero attached hydrogens (tertiary/aromatic N) is 1. The van der Waals surface area contributed by atoms with E-state index in [2.05, 4.69) is 5.32 Å². The van der Waals surface area contributed by atoms with Gasteiger partial charge in [-0.2, -0.15) is 0 Å². The maximum Gasteiger partial charge on any atom is 0.335 e. The first-order chi connectivity index (χ1) is 8.68. The van der Waals surface area contributed by atoms with E-state index >= 15 is 0 Å². The van der Waals surface area contributed by atoms with Crippen LogP contribution in [0.15, 0.2) is 53.1 Å². The molecule has 0 fully saturated rings. The molecule has 0 unspecified atom stereocenters. The summed E-state index contributed by atoms with van der Waals surface area (Å²) in [4.78, 5) is 12.9. The van der Waals surface area contributed by atoms with E-state index in [9.17, 15) is 4.79 Å². The summed E-state index contributed by atoms with van der Waals surface area (Å²) in [7, 11) is 0. The molecule has 1 aromatic heterocycles. The lowest BCUT2D eigenvalue weighted by Gasteiger charge is -2.18. The standard InChI is InChI=1S/C12H12N4O2/c13-11(14)16(10-7-4-8-18-10)12(17)15-9-5-2-1-3-6-9/h1-8H,(H3,13,14)(H,15,17). The molecule has 0 bridgehead atoms. The Kier molecular flexibility index (Phi) is 3.29. The number of nitrogens with two attached hydrogens (primary N) is 1. The summed E-state index contributed by atoms with van der Waals surface area (Å²) < 4.78 is 5.06. The van der Waals surface area contributed by atoms with Crippen molar-refractivity contribution in [3.8, 4) is 0 Å². The smallest absolute Gasteiger partial charge is 0.335 e. The normalized spacial score (nSPS) is 9.78. The topological polar surface area (TPSA) is 95.4 Å². The Morgan fingerprint density at radius 2 is 1.94 bits per heavy atom. The van der Waals surface area contributed by atoms with E-state index < -0.39 is 12.0 Å². The first-order valence-electron chi connectivity index (χ1n) is 5.22. The number of amides is 2. The zero-order valence-corrected chi connectivity index (χ0v) is 9.46. The minimum atomic E-state index is -0.552. The van der Waals surface area contributed by atoms with E-state index in [1.54, 1.807) is 36.4 Å². The summed E-state index contributed by atoms with van der Waals surface area (Å²) >= 11 is 0. The molecule has 1 aromatic carbocycles. The molecule has 0 saturated heterocycles. The Balaban J connectivity index is 2.18. The van der Waals surface area contributed by atoms with Gasteiger partial charge in [0, 0.05) is 11.8 Å². The number of guanidine groups is 1. The molecule has 0 aliphatic rings.